The molecular weight excluding hydrogens is 599 g/mol. The van der Waals surface area contributed by atoms with Gasteiger partial charge >= 0.3 is 0 Å². The number of hydrogen-bond donors (Lipinski definition) is 1. The summed E-state index contributed by atoms with van der Waals surface area (Å²) in [5, 5.41) is 5.62. The summed E-state index contributed by atoms with van der Waals surface area (Å²) in [6, 6.07) is 61.1. The molecule has 1 aliphatic rings. The summed E-state index contributed by atoms with van der Waals surface area (Å²) in [4.78, 5) is 10.6. The maximum absolute atomic E-state index is 6.59. The summed E-state index contributed by atoms with van der Waals surface area (Å²) in [6.07, 6.45) is -0.513. The average molecular weight is 630 g/mol. The van der Waals surface area contributed by atoms with Crippen molar-refractivity contribution in [1.82, 2.24) is 5.32 Å². The van der Waals surface area contributed by atoms with Gasteiger partial charge in [0, 0.05) is 27.5 Å². The lowest BCUT2D eigenvalue weighted by molar-refractivity contribution is 0.668. The molecule has 0 saturated heterocycles. The van der Waals surface area contributed by atoms with Gasteiger partial charge in [-0.2, -0.15) is 0 Å². The summed E-state index contributed by atoms with van der Waals surface area (Å²) in [7, 11) is 0. The van der Waals surface area contributed by atoms with Crippen LogP contribution in [0, 0.1) is 0 Å². The monoisotopic (exact) mass is 629 g/mol. The molecule has 4 nitrogen and oxygen atoms in total. The average Bonchev–Trinajstić information content (AvgIpc) is 3.57. The number of nitrogens with zero attached hydrogens (tertiary/aromatic N) is 2. The minimum Gasteiger partial charge on any atom is -0.456 e. The highest BCUT2D eigenvalue weighted by atomic mass is 16.3. The normalized spacial score (nSPS) is 13.2. The van der Waals surface area contributed by atoms with E-state index in [2.05, 4.69) is 133 Å². The van der Waals surface area contributed by atoms with Crippen LogP contribution in [0.2, 0.25) is 0 Å². The SMILES string of the molecule is c1ccc(C2=NC(c3cc(-c4cc(-c5ccccc5)cc(-c5ccccc5)c4)cc4oc5ccccc5c34)N=C(c3ccccc3)N2)cc1. The molecule has 0 bridgehead atoms. The second-order valence-electron chi connectivity index (χ2n) is 12.3. The minimum atomic E-state index is -0.513. The number of furan rings is 1. The number of aliphatic imine (C=N–C) groups is 2. The third-order valence-electron chi connectivity index (χ3n) is 9.10. The number of rotatable bonds is 6. The van der Waals surface area contributed by atoms with Gasteiger partial charge in [-0.05, 0) is 69.8 Å². The number of benzene rings is 7. The molecule has 8 aromatic rings. The maximum atomic E-state index is 6.59. The zero-order valence-corrected chi connectivity index (χ0v) is 26.6. The molecule has 1 aliphatic heterocycles. The lowest BCUT2D eigenvalue weighted by atomic mass is 9.91. The Morgan fingerprint density at radius 3 is 1.35 bits per heavy atom. The molecule has 0 amide bonds. The zero-order chi connectivity index (χ0) is 32.6. The molecule has 0 atom stereocenters. The molecule has 0 unspecified atom stereocenters. The summed E-state index contributed by atoms with van der Waals surface area (Å²) in [5.74, 6) is 1.56. The molecule has 0 aliphatic carbocycles. The van der Waals surface area contributed by atoms with Gasteiger partial charge in [0.15, 0.2) is 6.17 Å². The van der Waals surface area contributed by atoms with Gasteiger partial charge in [-0.25, -0.2) is 9.98 Å². The highest BCUT2D eigenvalue weighted by molar-refractivity contribution is 6.16. The van der Waals surface area contributed by atoms with Crippen molar-refractivity contribution in [2.45, 2.75) is 6.17 Å². The molecule has 9 rings (SSSR count). The molecule has 1 N–H and O–H groups in total. The lowest BCUT2D eigenvalue weighted by Gasteiger charge is -2.23. The summed E-state index contributed by atoms with van der Waals surface area (Å²) < 4.78 is 6.59. The van der Waals surface area contributed by atoms with E-state index in [0.29, 0.717) is 0 Å². The molecule has 0 radical (unpaired) electrons. The number of fused-ring (bicyclic) bond motifs is 3. The van der Waals surface area contributed by atoms with Gasteiger partial charge in [0.25, 0.3) is 0 Å². The molecule has 0 spiro atoms. The van der Waals surface area contributed by atoms with Gasteiger partial charge < -0.3 is 9.73 Å². The van der Waals surface area contributed by atoms with Crippen LogP contribution >= 0.6 is 0 Å². The van der Waals surface area contributed by atoms with Crippen LogP contribution in [0.1, 0.15) is 22.9 Å². The fourth-order valence-electron chi connectivity index (χ4n) is 6.72. The molecular formula is C45H31N3O. The molecule has 49 heavy (non-hydrogen) atoms. The zero-order valence-electron chi connectivity index (χ0n) is 26.6. The molecule has 4 heteroatoms. The Hall–Kier alpha value is -6.52. The Kier molecular flexibility index (Phi) is 7.17. The van der Waals surface area contributed by atoms with Crippen LogP contribution in [0.25, 0.3) is 55.3 Å². The van der Waals surface area contributed by atoms with Crippen molar-refractivity contribution in [3.8, 4) is 33.4 Å². The van der Waals surface area contributed by atoms with Crippen LogP contribution < -0.4 is 5.32 Å². The summed E-state index contributed by atoms with van der Waals surface area (Å²) in [6.45, 7) is 0. The van der Waals surface area contributed by atoms with E-state index in [9.17, 15) is 0 Å². The van der Waals surface area contributed by atoms with Crippen LogP contribution in [0.15, 0.2) is 190 Å². The van der Waals surface area contributed by atoms with Gasteiger partial charge in [-0.15, -0.1) is 0 Å². The molecule has 0 saturated carbocycles. The van der Waals surface area contributed by atoms with E-state index in [4.69, 9.17) is 14.4 Å². The van der Waals surface area contributed by atoms with Crippen molar-refractivity contribution >= 4 is 33.6 Å². The summed E-state index contributed by atoms with van der Waals surface area (Å²) in [5.41, 5.74) is 11.4. The molecule has 2 heterocycles. The number of nitrogens with one attached hydrogen (secondary N) is 1. The van der Waals surface area contributed by atoms with Crippen LogP contribution in [0.3, 0.4) is 0 Å². The van der Waals surface area contributed by atoms with E-state index in [0.717, 1.165) is 72.6 Å². The topological polar surface area (TPSA) is 49.9 Å². The number of amidine groups is 2. The van der Waals surface area contributed by atoms with Gasteiger partial charge in [0.1, 0.15) is 22.8 Å². The Bertz CT molecular complexity index is 2390. The van der Waals surface area contributed by atoms with E-state index < -0.39 is 6.17 Å². The minimum absolute atomic E-state index is 0.513. The molecule has 232 valence electrons. The fourth-order valence-corrected chi connectivity index (χ4v) is 6.72. The van der Waals surface area contributed by atoms with Crippen LogP contribution in [-0.4, -0.2) is 11.7 Å². The quantitative estimate of drug-likeness (QED) is 0.199. The first-order valence-corrected chi connectivity index (χ1v) is 16.5. The van der Waals surface area contributed by atoms with E-state index in [1.54, 1.807) is 0 Å². The van der Waals surface area contributed by atoms with E-state index >= 15 is 0 Å². The summed E-state index contributed by atoms with van der Waals surface area (Å²) >= 11 is 0. The first kappa shape index (κ1) is 28.7. The highest BCUT2D eigenvalue weighted by Crippen LogP contribution is 2.41. The predicted molar refractivity (Wildman–Crippen MR) is 202 cm³/mol. The van der Waals surface area contributed by atoms with Crippen molar-refractivity contribution < 1.29 is 4.42 Å². The molecule has 0 fully saturated rings. The molecule has 7 aromatic carbocycles. The standard InChI is InChI=1S/C45H31N3O/c1-5-15-30(16-6-1)34-25-35(31-17-7-2-8-18-31)27-36(26-34)37-28-39(42-38-23-13-14-24-40(38)49-41(42)29-37)45-47-43(32-19-9-3-10-20-32)46-44(48-45)33-21-11-4-12-22-33/h1-29,45H,(H,46,47,48). The first-order valence-electron chi connectivity index (χ1n) is 16.5. The van der Waals surface area contributed by atoms with Crippen molar-refractivity contribution in [3.05, 3.63) is 193 Å². The molecule has 1 aromatic heterocycles. The highest BCUT2D eigenvalue weighted by Gasteiger charge is 2.25. The first-order chi connectivity index (χ1) is 24.3. The van der Waals surface area contributed by atoms with Gasteiger partial charge in [0.2, 0.25) is 0 Å². The van der Waals surface area contributed by atoms with Gasteiger partial charge in [-0.1, -0.05) is 140 Å². The second-order valence-corrected chi connectivity index (χ2v) is 12.3. The Labute approximate surface area is 284 Å². The van der Waals surface area contributed by atoms with Crippen LogP contribution in [-0.2, 0) is 0 Å². The van der Waals surface area contributed by atoms with Crippen molar-refractivity contribution in [1.29, 1.82) is 0 Å². The van der Waals surface area contributed by atoms with Crippen molar-refractivity contribution in [2.75, 3.05) is 0 Å². The van der Waals surface area contributed by atoms with Crippen LogP contribution in [0.4, 0.5) is 0 Å². The predicted octanol–water partition coefficient (Wildman–Crippen LogP) is 11.1. The van der Waals surface area contributed by atoms with Crippen molar-refractivity contribution in [2.24, 2.45) is 9.98 Å². The lowest BCUT2D eigenvalue weighted by Crippen LogP contribution is -2.36. The van der Waals surface area contributed by atoms with Crippen molar-refractivity contribution in [3.63, 3.8) is 0 Å². The van der Waals surface area contributed by atoms with E-state index in [1.807, 2.05) is 48.5 Å². The van der Waals surface area contributed by atoms with E-state index in [1.165, 1.54) is 11.1 Å². The third kappa shape index (κ3) is 5.49. The third-order valence-corrected chi connectivity index (χ3v) is 9.10. The second kappa shape index (κ2) is 12.3. The fraction of sp³-hybridized carbons (Fsp3) is 0.0222. The van der Waals surface area contributed by atoms with Gasteiger partial charge in [0.05, 0.1) is 0 Å². The maximum Gasteiger partial charge on any atom is 0.170 e. The smallest absolute Gasteiger partial charge is 0.170 e. The Morgan fingerprint density at radius 1 is 0.388 bits per heavy atom. The Balaban J connectivity index is 1.30. The number of para-hydroxylation sites is 1. The Morgan fingerprint density at radius 2 is 0.816 bits per heavy atom. The van der Waals surface area contributed by atoms with Gasteiger partial charge in [-0.3, -0.25) is 0 Å². The number of hydrogen-bond acceptors (Lipinski definition) is 4. The van der Waals surface area contributed by atoms with E-state index in [-0.39, 0.29) is 0 Å². The largest absolute Gasteiger partial charge is 0.456 e. The van der Waals surface area contributed by atoms with Crippen LogP contribution in [0.5, 0.6) is 0 Å².